The number of amides is 1. The lowest BCUT2D eigenvalue weighted by Crippen LogP contribution is -2.45. The van der Waals surface area contributed by atoms with Gasteiger partial charge in [0.05, 0.1) is 12.4 Å². The molecule has 0 unspecified atom stereocenters. The molecular weight excluding hydrogens is 388 g/mol. The van der Waals surface area contributed by atoms with Gasteiger partial charge in [-0.3, -0.25) is 14.5 Å². The Morgan fingerprint density at radius 1 is 1.03 bits per heavy atom. The third kappa shape index (κ3) is 3.86. The molecule has 0 radical (unpaired) electrons. The Morgan fingerprint density at radius 2 is 1.84 bits per heavy atom. The molecule has 0 saturated carbocycles. The summed E-state index contributed by atoms with van der Waals surface area (Å²) in [7, 11) is 1.91. The largest absolute Gasteiger partial charge is 0.355 e. The topological polar surface area (TPSA) is 75.9 Å². The number of nitrogens with zero attached hydrogens (tertiary/aromatic N) is 5. The van der Waals surface area contributed by atoms with Crippen molar-refractivity contribution in [2.24, 2.45) is 7.05 Å². The predicted molar refractivity (Wildman–Crippen MR) is 121 cm³/mol. The Labute approximate surface area is 180 Å². The van der Waals surface area contributed by atoms with Crippen molar-refractivity contribution in [2.45, 2.75) is 18.9 Å². The van der Waals surface area contributed by atoms with Gasteiger partial charge in [-0.25, -0.2) is 4.98 Å². The van der Waals surface area contributed by atoms with E-state index in [1.54, 1.807) is 23.3 Å². The van der Waals surface area contributed by atoms with Crippen LogP contribution in [0, 0.1) is 0 Å². The van der Waals surface area contributed by atoms with Crippen LogP contribution in [0.5, 0.6) is 0 Å². The molecule has 7 heteroatoms. The van der Waals surface area contributed by atoms with Gasteiger partial charge in [-0.1, -0.05) is 30.3 Å². The Morgan fingerprint density at radius 3 is 2.58 bits per heavy atom. The number of carbonyl (C=O) groups is 1. The molecule has 1 aliphatic rings. The Hall–Kier alpha value is -3.74. The smallest absolute Gasteiger partial charge is 0.252 e. The normalized spacial score (nSPS) is 14.7. The molecule has 7 nitrogen and oxygen atoms in total. The summed E-state index contributed by atoms with van der Waals surface area (Å²) >= 11 is 0. The number of aromatic nitrogens is 4. The fraction of sp³-hybridized carbons (Fsp3) is 0.250. The van der Waals surface area contributed by atoms with Crippen LogP contribution in [0.2, 0.25) is 0 Å². The number of rotatable bonds is 4. The van der Waals surface area contributed by atoms with E-state index in [1.165, 1.54) is 0 Å². The summed E-state index contributed by atoms with van der Waals surface area (Å²) < 4.78 is 1.79. The van der Waals surface area contributed by atoms with Crippen LogP contribution >= 0.6 is 0 Å². The minimum Gasteiger partial charge on any atom is -0.355 e. The van der Waals surface area contributed by atoms with Crippen molar-refractivity contribution in [3.05, 3.63) is 72.9 Å². The highest BCUT2D eigenvalue weighted by molar-refractivity contribution is 6.10. The van der Waals surface area contributed by atoms with Crippen molar-refractivity contribution in [1.29, 1.82) is 0 Å². The zero-order valence-corrected chi connectivity index (χ0v) is 17.4. The summed E-state index contributed by atoms with van der Waals surface area (Å²) in [6, 6.07) is 12.2. The minimum atomic E-state index is -0.0214. The first-order valence-corrected chi connectivity index (χ1v) is 10.5. The molecule has 1 saturated heterocycles. The second kappa shape index (κ2) is 8.18. The first-order chi connectivity index (χ1) is 15.2. The summed E-state index contributed by atoms with van der Waals surface area (Å²) in [5, 5.41) is 9.55. The van der Waals surface area contributed by atoms with E-state index in [0.29, 0.717) is 5.56 Å². The molecule has 5 rings (SSSR count). The number of piperidine rings is 1. The molecule has 3 heterocycles. The van der Waals surface area contributed by atoms with Crippen LogP contribution in [-0.2, 0) is 7.05 Å². The van der Waals surface area contributed by atoms with Crippen LogP contribution in [0.25, 0.3) is 21.9 Å². The van der Waals surface area contributed by atoms with Crippen molar-refractivity contribution in [1.82, 2.24) is 25.1 Å². The summed E-state index contributed by atoms with van der Waals surface area (Å²) in [5.74, 6) is 0.871. The first kappa shape index (κ1) is 19.2. The number of fused-ring (bicyclic) bond motifs is 1. The highest BCUT2D eigenvalue weighted by Gasteiger charge is 2.23. The highest BCUT2D eigenvalue weighted by Crippen LogP contribution is 2.30. The number of benzene rings is 2. The number of anilines is 1. The molecule has 0 aliphatic carbocycles. The van der Waals surface area contributed by atoms with Crippen LogP contribution in [0.1, 0.15) is 23.2 Å². The van der Waals surface area contributed by atoms with Crippen molar-refractivity contribution in [3.63, 3.8) is 0 Å². The lowest BCUT2D eigenvalue weighted by atomic mass is 9.96. The summed E-state index contributed by atoms with van der Waals surface area (Å²) in [6.07, 6.45) is 10.8. The molecule has 2 aromatic heterocycles. The fourth-order valence-electron chi connectivity index (χ4n) is 4.29. The third-order valence-electron chi connectivity index (χ3n) is 5.89. The standard InChI is InChI=1S/C24H24N6O/c1-29-16-17(14-27-29)19-4-2-6-21-20(19)5-3-7-22(21)24(31)28-18-8-12-30(13-9-18)23-15-25-10-11-26-23/h2-7,10-11,14-16,18H,8-9,12-13H2,1H3,(H,28,31). The lowest BCUT2D eigenvalue weighted by molar-refractivity contribution is 0.0933. The van der Waals surface area contributed by atoms with Crippen LogP contribution < -0.4 is 10.2 Å². The molecule has 1 aliphatic heterocycles. The maximum absolute atomic E-state index is 13.2. The SMILES string of the molecule is Cn1cc(-c2cccc3c(C(=O)NC4CCN(c5cnccn5)CC4)cccc23)cn1. The van der Waals surface area contributed by atoms with E-state index in [2.05, 4.69) is 37.4 Å². The van der Waals surface area contributed by atoms with Crippen molar-refractivity contribution in [3.8, 4) is 11.1 Å². The van der Waals surface area contributed by atoms with E-state index in [9.17, 15) is 4.79 Å². The molecule has 156 valence electrons. The van der Waals surface area contributed by atoms with Crippen LogP contribution in [0.4, 0.5) is 5.82 Å². The van der Waals surface area contributed by atoms with Gasteiger partial charge < -0.3 is 10.2 Å². The van der Waals surface area contributed by atoms with E-state index < -0.39 is 0 Å². The van der Waals surface area contributed by atoms with Crippen LogP contribution in [0.15, 0.2) is 67.4 Å². The van der Waals surface area contributed by atoms with Crippen LogP contribution in [0.3, 0.4) is 0 Å². The van der Waals surface area contributed by atoms with E-state index >= 15 is 0 Å². The summed E-state index contributed by atoms with van der Waals surface area (Å²) in [4.78, 5) is 23.9. The van der Waals surface area contributed by atoms with E-state index in [0.717, 1.165) is 53.6 Å². The van der Waals surface area contributed by atoms with Crippen molar-refractivity contribution >= 4 is 22.5 Å². The lowest BCUT2D eigenvalue weighted by Gasteiger charge is -2.33. The molecule has 1 fully saturated rings. The monoisotopic (exact) mass is 412 g/mol. The Bertz CT molecular complexity index is 1210. The Balaban J connectivity index is 1.34. The van der Waals surface area contributed by atoms with E-state index in [4.69, 9.17) is 0 Å². The predicted octanol–water partition coefficient (Wildman–Crippen LogP) is 3.43. The number of nitrogens with one attached hydrogen (secondary N) is 1. The molecular formula is C24H24N6O. The highest BCUT2D eigenvalue weighted by atomic mass is 16.1. The molecule has 4 aromatic rings. The third-order valence-corrected chi connectivity index (χ3v) is 5.89. The summed E-state index contributed by atoms with van der Waals surface area (Å²) in [6.45, 7) is 1.70. The zero-order valence-electron chi connectivity index (χ0n) is 17.4. The number of aryl methyl sites for hydroxylation is 1. The second-order valence-electron chi connectivity index (χ2n) is 7.91. The van der Waals surface area contributed by atoms with Gasteiger partial charge in [0.15, 0.2) is 0 Å². The first-order valence-electron chi connectivity index (χ1n) is 10.5. The van der Waals surface area contributed by atoms with Crippen molar-refractivity contribution in [2.75, 3.05) is 18.0 Å². The van der Waals surface area contributed by atoms with Gasteiger partial charge in [0.1, 0.15) is 5.82 Å². The number of hydrogen-bond acceptors (Lipinski definition) is 5. The second-order valence-corrected chi connectivity index (χ2v) is 7.91. The number of carbonyl (C=O) groups excluding carboxylic acids is 1. The average molecular weight is 412 g/mol. The maximum Gasteiger partial charge on any atom is 0.252 e. The number of hydrogen-bond donors (Lipinski definition) is 1. The molecule has 0 spiro atoms. The van der Waals surface area contributed by atoms with Gasteiger partial charge in [0, 0.05) is 55.9 Å². The van der Waals surface area contributed by atoms with Crippen molar-refractivity contribution < 1.29 is 4.79 Å². The maximum atomic E-state index is 13.2. The van der Waals surface area contributed by atoms with Gasteiger partial charge in [-0.05, 0) is 35.2 Å². The molecule has 31 heavy (non-hydrogen) atoms. The minimum absolute atomic E-state index is 0.0214. The van der Waals surface area contributed by atoms with Gasteiger partial charge in [0.2, 0.25) is 0 Å². The molecule has 1 amide bonds. The van der Waals surface area contributed by atoms with E-state index in [-0.39, 0.29) is 11.9 Å². The summed E-state index contributed by atoms with van der Waals surface area (Å²) in [5.41, 5.74) is 2.83. The van der Waals surface area contributed by atoms with Gasteiger partial charge in [-0.15, -0.1) is 0 Å². The Kier molecular flexibility index (Phi) is 5.08. The molecule has 0 atom stereocenters. The molecule has 2 aromatic carbocycles. The molecule has 1 N–H and O–H groups in total. The van der Waals surface area contributed by atoms with E-state index in [1.807, 2.05) is 43.7 Å². The van der Waals surface area contributed by atoms with Gasteiger partial charge in [0.25, 0.3) is 5.91 Å². The van der Waals surface area contributed by atoms with Crippen LogP contribution in [-0.4, -0.2) is 44.8 Å². The zero-order chi connectivity index (χ0) is 21.2. The average Bonchev–Trinajstić information content (AvgIpc) is 3.25. The quantitative estimate of drug-likeness (QED) is 0.556. The fourth-order valence-corrected chi connectivity index (χ4v) is 4.29. The van der Waals surface area contributed by atoms with Gasteiger partial charge in [-0.2, -0.15) is 5.10 Å². The van der Waals surface area contributed by atoms with Gasteiger partial charge >= 0.3 is 0 Å². The molecule has 0 bridgehead atoms.